The number of carbonyl (C=O) groups is 1. The Morgan fingerprint density at radius 3 is 3.23 bits per heavy atom. The van der Waals surface area contributed by atoms with Gasteiger partial charge in [-0.2, -0.15) is 0 Å². The Hall–Kier alpha value is -1.40. The number of carbonyl (C=O) groups excluding carboxylic acids is 1. The molecule has 0 spiro atoms. The summed E-state index contributed by atoms with van der Waals surface area (Å²) in [7, 11) is 0. The fourth-order valence-electron chi connectivity index (χ4n) is 2.45. The van der Waals surface area contributed by atoms with Gasteiger partial charge in [-0.3, -0.25) is 0 Å². The molecule has 5 nitrogen and oxygen atoms in total. The van der Waals surface area contributed by atoms with Crippen molar-refractivity contribution < 1.29 is 9.53 Å². The lowest BCUT2D eigenvalue weighted by atomic mass is 10.1. The van der Waals surface area contributed by atoms with Gasteiger partial charge in [0.25, 0.3) is 0 Å². The summed E-state index contributed by atoms with van der Waals surface area (Å²) in [4.78, 5) is 18.6. The van der Waals surface area contributed by atoms with Crippen LogP contribution in [0.5, 0.6) is 0 Å². The highest BCUT2D eigenvalue weighted by Gasteiger charge is 2.27. The SMILES string of the molecule is C=CCCC[C@H](C)NC(=O)N1CCO[C@H](c2nc(C)cs2)C1. The number of nitrogens with zero attached hydrogens (tertiary/aromatic N) is 2. The molecule has 0 unspecified atom stereocenters. The Morgan fingerprint density at radius 2 is 2.55 bits per heavy atom. The molecule has 0 aliphatic carbocycles. The maximum absolute atomic E-state index is 12.3. The number of rotatable bonds is 6. The predicted octanol–water partition coefficient (Wildman–Crippen LogP) is 3.28. The number of morpholine rings is 1. The highest BCUT2D eigenvalue weighted by Crippen LogP contribution is 2.25. The minimum absolute atomic E-state index is 0.00678. The molecule has 1 fully saturated rings. The first-order valence-corrected chi connectivity index (χ1v) is 8.68. The number of allylic oxidation sites excluding steroid dienone is 1. The number of hydrogen-bond acceptors (Lipinski definition) is 4. The van der Waals surface area contributed by atoms with Crippen LogP contribution in [0.2, 0.25) is 0 Å². The molecule has 2 amide bonds. The van der Waals surface area contributed by atoms with Gasteiger partial charge in [0, 0.05) is 23.7 Å². The Balaban J connectivity index is 1.83. The maximum Gasteiger partial charge on any atom is 0.317 e. The van der Waals surface area contributed by atoms with Crippen LogP contribution in [0.15, 0.2) is 18.0 Å². The van der Waals surface area contributed by atoms with E-state index < -0.39 is 0 Å². The number of aromatic nitrogens is 1. The number of unbranched alkanes of at least 4 members (excludes halogenated alkanes) is 1. The molecule has 1 aliphatic rings. The second-order valence-electron chi connectivity index (χ2n) is 5.70. The fourth-order valence-corrected chi connectivity index (χ4v) is 3.28. The summed E-state index contributed by atoms with van der Waals surface area (Å²) in [6.45, 7) is 9.49. The summed E-state index contributed by atoms with van der Waals surface area (Å²) in [5.74, 6) is 0. The molecule has 1 N–H and O–H groups in total. The van der Waals surface area contributed by atoms with Crippen LogP contribution in [0.1, 0.15) is 43.0 Å². The second kappa shape index (κ2) is 8.29. The van der Waals surface area contributed by atoms with Gasteiger partial charge < -0.3 is 15.0 Å². The first-order valence-electron chi connectivity index (χ1n) is 7.80. The van der Waals surface area contributed by atoms with Crippen molar-refractivity contribution in [1.29, 1.82) is 0 Å². The average molecular weight is 323 g/mol. The van der Waals surface area contributed by atoms with E-state index in [1.165, 1.54) is 0 Å². The van der Waals surface area contributed by atoms with Gasteiger partial charge in [-0.1, -0.05) is 6.08 Å². The number of thiazole rings is 1. The van der Waals surface area contributed by atoms with Gasteiger partial charge in [0.15, 0.2) is 0 Å². The molecule has 22 heavy (non-hydrogen) atoms. The van der Waals surface area contributed by atoms with Crippen LogP contribution in [0, 0.1) is 6.92 Å². The van der Waals surface area contributed by atoms with Crippen LogP contribution in [0.4, 0.5) is 4.79 Å². The van der Waals surface area contributed by atoms with Gasteiger partial charge >= 0.3 is 6.03 Å². The number of amides is 2. The minimum Gasteiger partial charge on any atom is -0.367 e. The first kappa shape index (κ1) is 17.0. The quantitative estimate of drug-likeness (QED) is 0.646. The minimum atomic E-state index is -0.103. The highest BCUT2D eigenvalue weighted by atomic mass is 32.1. The smallest absolute Gasteiger partial charge is 0.317 e. The number of urea groups is 1. The zero-order valence-electron chi connectivity index (χ0n) is 13.4. The molecule has 0 saturated carbocycles. The van der Waals surface area contributed by atoms with E-state index >= 15 is 0 Å². The molecule has 1 aromatic rings. The van der Waals surface area contributed by atoms with Crippen molar-refractivity contribution in [3.05, 3.63) is 28.7 Å². The third kappa shape index (κ3) is 4.81. The normalized spacial score (nSPS) is 19.7. The summed E-state index contributed by atoms with van der Waals surface area (Å²) < 4.78 is 5.76. The average Bonchev–Trinajstić information content (AvgIpc) is 2.94. The first-order chi connectivity index (χ1) is 10.6. The van der Waals surface area contributed by atoms with Gasteiger partial charge in [0.1, 0.15) is 11.1 Å². The van der Waals surface area contributed by atoms with Crippen molar-refractivity contribution in [1.82, 2.24) is 15.2 Å². The largest absolute Gasteiger partial charge is 0.367 e. The van der Waals surface area contributed by atoms with Crippen molar-refractivity contribution in [3.63, 3.8) is 0 Å². The summed E-state index contributed by atoms with van der Waals surface area (Å²) in [6.07, 6.45) is 4.82. The molecule has 122 valence electrons. The van der Waals surface area contributed by atoms with Crippen LogP contribution >= 0.6 is 11.3 Å². The number of aryl methyl sites for hydroxylation is 1. The predicted molar refractivity (Wildman–Crippen MR) is 89.2 cm³/mol. The van der Waals surface area contributed by atoms with Crippen LogP contribution in [-0.2, 0) is 4.74 Å². The van der Waals surface area contributed by atoms with Crippen molar-refractivity contribution in [3.8, 4) is 0 Å². The van der Waals surface area contributed by atoms with E-state index in [0.29, 0.717) is 19.7 Å². The molecule has 2 atom stereocenters. The topological polar surface area (TPSA) is 54.5 Å². The van der Waals surface area contributed by atoms with E-state index in [0.717, 1.165) is 30.0 Å². The molecule has 1 aliphatic heterocycles. The van der Waals surface area contributed by atoms with Gasteiger partial charge in [-0.25, -0.2) is 9.78 Å². The Morgan fingerprint density at radius 1 is 1.73 bits per heavy atom. The number of ether oxygens (including phenoxy) is 1. The summed E-state index contributed by atoms with van der Waals surface area (Å²) in [5, 5.41) is 6.03. The van der Waals surface area contributed by atoms with Crippen molar-refractivity contribution >= 4 is 17.4 Å². The van der Waals surface area contributed by atoms with Crippen molar-refractivity contribution in [2.75, 3.05) is 19.7 Å². The lowest BCUT2D eigenvalue weighted by Gasteiger charge is -2.32. The van der Waals surface area contributed by atoms with Gasteiger partial charge in [0.05, 0.1) is 13.2 Å². The Bertz CT molecular complexity index is 503. The summed E-state index contributed by atoms with van der Waals surface area (Å²) in [6, 6.07) is 0.170. The van der Waals surface area contributed by atoms with Gasteiger partial charge in [-0.15, -0.1) is 17.9 Å². The highest BCUT2D eigenvalue weighted by molar-refractivity contribution is 7.09. The van der Waals surface area contributed by atoms with Crippen molar-refractivity contribution in [2.45, 2.75) is 45.3 Å². The van der Waals surface area contributed by atoms with E-state index in [4.69, 9.17) is 4.74 Å². The maximum atomic E-state index is 12.3. The standard InChI is InChI=1S/C16H25N3O2S/c1-4-5-6-7-12(2)18-16(20)19-8-9-21-14(10-19)15-17-13(3)11-22-15/h4,11-12,14H,1,5-10H2,2-3H3,(H,18,20)/t12-,14-/m0/s1. The van der Waals surface area contributed by atoms with E-state index in [1.807, 2.05) is 30.2 Å². The van der Waals surface area contributed by atoms with E-state index in [-0.39, 0.29) is 18.2 Å². The lowest BCUT2D eigenvalue weighted by molar-refractivity contribution is -0.0158. The molecule has 0 aromatic carbocycles. The molecule has 1 saturated heterocycles. The van der Waals surface area contributed by atoms with E-state index in [2.05, 4.69) is 16.9 Å². The van der Waals surface area contributed by atoms with Crippen LogP contribution in [0.25, 0.3) is 0 Å². The number of hydrogen-bond donors (Lipinski definition) is 1. The summed E-state index contributed by atoms with van der Waals surface area (Å²) >= 11 is 1.59. The number of nitrogens with one attached hydrogen (secondary N) is 1. The third-order valence-electron chi connectivity index (χ3n) is 3.68. The monoisotopic (exact) mass is 323 g/mol. The molecule has 6 heteroatoms. The van der Waals surface area contributed by atoms with Crippen LogP contribution < -0.4 is 5.32 Å². The Kier molecular flexibility index (Phi) is 6.39. The summed E-state index contributed by atoms with van der Waals surface area (Å²) in [5.41, 5.74) is 1.00. The second-order valence-corrected chi connectivity index (χ2v) is 6.59. The molecule has 0 bridgehead atoms. The molecule has 2 rings (SSSR count). The Labute approximate surface area is 136 Å². The lowest BCUT2D eigenvalue weighted by Crippen LogP contribution is -2.49. The molecular weight excluding hydrogens is 298 g/mol. The van der Waals surface area contributed by atoms with Gasteiger partial charge in [0.2, 0.25) is 0 Å². The molecular formula is C16H25N3O2S. The van der Waals surface area contributed by atoms with Gasteiger partial charge in [-0.05, 0) is 33.1 Å². The van der Waals surface area contributed by atoms with Crippen LogP contribution in [0.3, 0.4) is 0 Å². The molecule has 2 heterocycles. The molecule has 1 aromatic heterocycles. The zero-order valence-corrected chi connectivity index (χ0v) is 14.2. The van der Waals surface area contributed by atoms with E-state index in [1.54, 1.807) is 11.3 Å². The van der Waals surface area contributed by atoms with E-state index in [9.17, 15) is 4.79 Å². The third-order valence-corrected chi connectivity index (χ3v) is 4.74. The zero-order chi connectivity index (χ0) is 15.9. The van der Waals surface area contributed by atoms with Crippen LogP contribution in [-0.4, -0.2) is 41.7 Å². The van der Waals surface area contributed by atoms with Crippen molar-refractivity contribution in [2.24, 2.45) is 0 Å². The molecule has 0 radical (unpaired) electrons. The fraction of sp³-hybridized carbons (Fsp3) is 0.625.